The van der Waals surface area contributed by atoms with Crippen molar-refractivity contribution in [2.24, 2.45) is 5.73 Å². The van der Waals surface area contributed by atoms with Gasteiger partial charge in [-0.05, 0) is 25.0 Å². The minimum Gasteiger partial charge on any atom is -0.505 e. The monoisotopic (exact) mass is 329 g/mol. The number of carbonyl (C=O) groups is 2. The van der Waals surface area contributed by atoms with E-state index < -0.39 is 5.91 Å². The standard InChI is InChI=1S/C16H19N5O3/c17-13(23)10-20-8-6-19-15(20)11-3-2-7-21(9-11)16(24)14-12(22)4-1-5-18-14/h1,4-6,8,11,22H,2-3,7,9-10H2,(H2,17,23)/t11-/m1/s1. The van der Waals surface area contributed by atoms with Gasteiger partial charge >= 0.3 is 0 Å². The summed E-state index contributed by atoms with van der Waals surface area (Å²) in [6.45, 7) is 1.13. The van der Waals surface area contributed by atoms with Gasteiger partial charge in [0.15, 0.2) is 5.69 Å². The van der Waals surface area contributed by atoms with Crippen LogP contribution in [0.4, 0.5) is 0 Å². The highest BCUT2D eigenvalue weighted by Gasteiger charge is 2.29. The molecule has 3 heterocycles. The Labute approximate surface area is 138 Å². The zero-order valence-corrected chi connectivity index (χ0v) is 13.1. The molecule has 1 saturated heterocycles. The van der Waals surface area contributed by atoms with Gasteiger partial charge in [0.05, 0.1) is 0 Å². The molecule has 3 rings (SSSR count). The molecule has 0 radical (unpaired) electrons. The number of primary amides is 1. The first-order valence-electron chi connectivity index (χ1n) is 7.79. The first-order chi connectivity index (χ1) is 11.6. The molecular formula is C16H19N5O3. The van der Waals surface area contributed by atoms with Crippen LogP contribution in [0.15, 0.2) is 30.7 Å². The molecular weight excluding hydrogens is 310 g/mol. The summed E-state index contributed by atoms with van der Waals surface area (Å²) in [6.07, 6.45) is 6.50. The van der Waals surface area contributed by atoms with E-state index in [1.54, 1.807) is 27.9 Å². The number of nitrogens with zero attached hydrogens (tertiary/aromatic N) is 4. The molecule has 1 atom stereocenters. The number of likely N-dealkylation sites (tertiary alicyclic amines) is 1. The second-order valence-electron chi connectivity index (χ2n) is 5.84. The lowest BCUT2D eigenvalue weighted by Gasteiger charge is -2.32. The van der Waals surface area contributed by atoms with Crippen molar-refractivity contribution in [3.8, 4) is 5.75 Å². The van der Waals surface area contributed by atoms with E-state index in [4.69, 9.17) is 5.73 Å². The number of carbonyl (C=O) groups excluding carboxylic acids is 2. The molecule has 0 spiro atoms. The van der Waals surface area contributed by atoms with Gasteiger partial charge in [-0.15, -0.1) is 0 Å². The number of aromatic hydroxyl groups is 1. The predicted molar refractivity (Wildman–Crippen MR) is 85.2 cm³/mol. The molecule has 1 aliphatic heterocycles. The fraction of sp³-hybridized carbons (Fsp3) is 0.375. The molecule has 126 valence electrons. The summed E-state index contributed by atoms with van der Waals surface area (Å²) in [5.41, 5.74) is 5.32. The molecule has 3 N–H and O–H groups in total. The molecule has 1 aliphatic rings. The molecule has 0 unspecified atom stereocenters. The second-order valence-corrected chi connectivity index (χ2v) is 5.84. The highest BCUT2D eigenvalue weighted by molar-refractivity contribution is 5.94. The zero-order chi connectivity index (χ0) is 17.1. The molecule has 8 heteroatoms. The number of piperidine rings is 1. The van der Waals surface area contributed by atoms with Crippen LogP contribution >= 0.6 is 0 Å². The molecule has 0 aliphatic carbocycles. The van der Waals surface area contributed by atoms with Crippen LogP contribution in [0.5, 0.6) is 5.75 Å². The van der Waals surface area contributed by atoms with Gasteiger partial charge in [0.2, 0.25) is 5.91 Å². The first kappa shape index (κ1) is 16.0. The highest BCUT2D eigenvalue weighted by Crippen LogP contribution is 2.27. The zero-order valence-electron chi connectivity index (χ0n) is 13.1. The molecule has 2 aromatic heterocycles. The number of imidazole rings is 1. The average molecular weight is 329 g/mol. The predicted octanol–water partition coefficient (Wildman–Crippen LogP) is 0.489. The number of rotatable bonds is 4. The Morgan fingerprint density at radius 2 is 2.17 bits per heavy atom. The maximum absolute atomic E-state index is 12.6. The summed E-state index contributed by atoms with van der Waals surface area (Å²) >= 11 is 0. The minimum atomic E-state index is -0.434. The normalized spacial score (nSPS) is 17.7. The van der Waals surface area contributed by atoms with Crippen molar-refractivity contribution in [2.45, 2.75) is 25.3 Å². The molecule has 1 fully saturated rings. The van der Waals surface area contributed by atoms with E-state index in [2.05, 4.69) is 9.97 Å². The SMILES string of the molecule is NC(=O)Cn1ccnc1[C@@H]1CCCN(C(=O)c2ncccc2O)C1. The molecule has 0 bridgehead atoms. The summed E-state index contributed by atoms with van der Waals surface area (Å²) in [5.74, 6) is -0.0958. The van der Waals surface area contributed by atoms with Gasteiger partial charge in [-0.2, -0.15) is 0 Å². The van der Waals surface area contributed by atoms with Gasteiger partial charge in [0.1, 0.15) is 18.1 Å². The Bertz CT molecular complexity index is 758. The third kappa shape index (κ3) is 3.22. The van der Waals surface area contributed by atoms with Gasteiger partial charge < -0.3 is 20.3 Å². The van der Waals surface area contributed by atoms with Gasteiger partial charge in [0.25, 0.3) is 5.91 Å². The Morgan fingerprint density at radius 3 is 2.92 bits per heavy atom. The van der Waals surface area contributed by atoms with E-state index in [1.165, 1.54) is 12.3 Å². The van der Waals surface area contributed by atoms with E-state index in [9.17, 15) is 14.7 Å². The molecule has 2 amide bonds. The lowest BCUT2D eigenvalue weighted by molar-refractivity contribution is -0.118. The van der Waals surface area contributed by atoms with Crippen LogP contribution in [-0.2, 0) is 11.3 Å². The van der Waals surface area contributed by atoms with E-state index >= 15 is 0 Å². The first-order valence-corrected chi connectivity index (χ1v) is 7.79. The van der Waals surface area contributed by atoms with Crippen molar-refractivity contribution >= 4 is 11.8 Å². The van der Waals surface area contributed by atoms with Crippen LogP contribution in [0.1, 0.15) is 35.1 Å². The second kappa shape index (κ2) is 6.69. The summed E-state index contributed by atoms with van der Waals surface area (Å²) in [7, 11) is 0. The molecule has 24 heavy (non-hydrogen) atoms. The van der Waals surface area contributed by atoms with E-state index in [-0.39, 0.29) is 29.8 Å². The summed E-state index contributed by atoms with van der Waals surface area (Å²) < 4.78 is 1.72. The van der Waals surface area contributed by atoms with E-state index in [1.807, 2.05) is 0 Å². The molecule has 8 nitrogen and oxygen atoms in total. The fourth-order valence-corrected chi connectivity index (χ4v) is 3.07. The molecule has 2 aromatic rings. The van der Waals surface area contributed by atoms with Gasteiger partial charge in [-0.25, -0.2) is 9.97 Å². The Kier molecular flexibility index (Phi) is 4.45. The number of hydrogen-bond donors (Lipinski definition) is 2. The average Bonchev–Trinajstić information content (AvgIpc) is 3.02. The Balaban J connectivity index is 1.78. The summed E-state index contributed by atoms with van der Waals surface area (Å²) in [6, 6.07) is 3.02. The van der Waals surface area contributed by atoms with E-state index in [0.29, 0.717) is 13.1 Å². The highest BCUT2D eigenvalue weighted by atomic mass is 16.3. The van der Waals surface area contributed by atoms with Crippen LogP contribution in [0.3, 0.4) is 0 Å². The van der Waals surface area contributed by atoms with Crippen molar-refractivity contribution < 1.29 is 14.7 Å². The number of pyridine rings is 1. The van der Waals surface area contributed by atoms with Crippen LogP contribution in [0, 0.1) is 0 Å². The van der Waals surface area contributed by atoms with Crippen molar-refractivity contribution in [1.82, 2.24) is 19.4 Å². The Morgan fingerprint density at radius 1 is 1.33 bits per heavy atom. The quantitative estimate of drug-likeness (QED) is 0.847. The number of amides is 2. The summed E-state index contributed by atoms with van der Waals surface area (Å²) in [4.78, 5) is 33.7. The van der Waals surface area contributed by atoms with Crippen molar-refractivity contribution in [2.75, 3.05) is 13.1 Å². The van der Waals surface area contributed by atoms with Crippen LogP contribution < -0.4 is 5.73 Å². The number of hydrogen-bond acceptors (Lipinski definition) is 5. The third-order valence-corrected chi connectivity index (χ3v) is 4.14. The van der Waals surface area contributed by atoms with Crippen LogP contribution in [-0.4, -0.2) is 49.4 Å². The topological polar surface area (TPSA) is 114 Å². The maximum Gasteiger partial charge on any atom is 0.276 e. The lowest BCUT2D eigenvalue weighted by atomic mass is 9.96. The molecule has 0 saturated carbocycles. The van der Waals surface area contributed by atoms with Crippen LogP contribution in [0.2, 0.25) is 0 Å². The van der Waals surface area contributed by atoms with Crippen molar-refractivity contribution in [3.63, 3.8) is 0 Å². The fourth-order valence-electron chi connectivity index (χ4n) is 3.07. The van der Waals surface area contributed by atoms with E-state index in [0.717, 1.165) is 18.7 Å². The van der Waals surface area contributed by atoms with Crippen molar-refractivity contribution in [1.29, 1.82) is 0 Å². The number of nitrogens with two attached hydrogens (primary N) is 1. The van der Waals surface area contributed by atoms with Gasteiger partial charge in [-0.3, -0.25) is 9.59 Å². The van der Waals surface area contributed by atoms with Crippen LogP contribution in [0.25, 0.3) is 0 Å². The third-order valence-electron chi connectivity index (χ3n) is 4.14. The lowest BCUT2D eigenvalue weighted by Crippen LogP contribution is -2.40. The summed E-state index contributed by atoms with van der Waals surface area (Å²) in [5, 5.41) is 9.83. The number of aromatic nitrogens is 3. The smallest absolute Gasteiger partial charge is 0.276 e. The van der Waals surface area contributed by atoms with Gasteiger partial charge in [-0.1, -0.05) is 0 Å². The maximum atomic E-state index is 12.6. The van der Waals surface area contributed by atoms with Gasteiger partial charge in [0, 0.05) is 37.6 Å². The minimum absolute atomic E-state index is 0.0166. The Hall–Kier alpha value is -2.90. The van der Waals surface area contributed by atoms with Crippen molar-refractivity contribution in [3.05, 3.63) is 42.2 Å². The largest absolute Gasteiger partial charge is 0.505 e. The molecule has 0 aromatic carbocycles.